The number of benzene rings is 1. The third kappa shape index (κ3) is 5.27. The maximum Gasteiger partial charge on any atom is 0.273 e. The molecule has 0 atom stereocenters. The normalized spacial score (nSPS) is 11.0. The van der Waals surface area contributed by atoms with Crippen molar-refractivity contribution in [3.8, 4) is 5.75 Å². The molecule has 3 N–H and O–H groups in total. The van der Waals surface area contributed by atoms with Crippen LogP contribution in [0.25, 0.3) is 0 Å². The number of para-hydroxylation sites is 1. The minimum Gasteiger partial charge on any atom is -0.482 e. The first-order chi connectivity index (χ1) is 11.9. The maximum atomic E-state index is 12.4. The molecule has 1 amide bonds. The molecule has 0 saturated carbocycles. The first-order valence-corrected chi connectivity index (χ1v) is 8.75. The van der Waals surface area contributed by atoms with Gasteiger partial charge in [-0.05, 0) is 25.0 Å². The molecule has 2 rings (SSSR count). The summed E-state index contributed by atoms with van der Waals surface area (Å²) < 4.78 is 10.7. The Labute approximate surface area is 168 Å². The minimum absolute atomic E-state index is 0. The van der Waals surface area contributed by atoms with Crippen molar-refractivity contribution in [2.45, 2.75) is 38.8 Å². The van der Waals surface area contributed by atoms with E-state index in [-0.39, 0.29) is 30.6 Å². The van der Waals surface area contributed by atoms with Crippen LogP contribution >= 0.6 is 35.6 Å². The van der Waals surface area contributed by atoms with Gasteiger partial charge in [0, 0.05) is 12.6 Å². The average Bonchev–Trinajstić information content (AvgIpc) is 3.08. The molecule has 9 heteroatoms. The van der Waals surface area contributed by atoms with E-state index in [1.165, 1.54) is 6.07 Å². The Bertz CT molecular complexity index is 705. The summed E-state index contributed by atoms with van der Waals surface area (Å²) in [4.78, 5) is 12.4. The van der Waals surface area contributed by atoms with Gasteiger partial charge in [-0.3, -0.25) is 4.79 Å². The van der Waals surface area contributed by atoms with E-state index in [2.05, 4.69) is 10.5 Å². The van der Waals surface area contributed by atoms with E-state index in [1.54, 1.807) is 18.2 Å². The molecular formula is C17H22Cl3N3O3. The molecule has 1 aromatic heterocycles. The van der Waals surface area contributed by atoms with Gasteiger partial charge >= 0.3 is 0 Å². The number of aromatic nitrogens is 1. The highest BCUT2D eigenvalue weighted by atomic mass is 35.5. The van der Waals surface area contributed by atoms with Gasteiger partial charge < -0.3 is 20.3 Å². The first-order valence-electron chi connectivity index (χ1n) is 7.99. The van der Waals surface area contributed by atoms with Crippen LogP contribution in [0.5, 0.6) is 5.75 Å². The average molecular weight is 423 g/mol. The second-order valence-corrected chi connectivity index (χ2v) is 6.48. The van der Waals surface area contributed by atoms with Gasteiger partial charge in [-0.25, -0.2) is 0 Å². The molecule has 144 valence electrons. The number of amides is 1. The fourth-order valence-corrected chi connectivity index (χ4v) is 2.83. The molecule has 0 saturated heterocycles. The number of halogens is 3. The number of nitrogens with two attached hydrogens (primary N) is 1. The summed E-state index contributed by atoms with van der Waals surface area (Å²) in [6.07, 6.45) is 1.45. The number of carbonyl (C=O) groups excluding carboxylic acids is 1. The second kappa shape index (κ2) is 10.0. The monoisotopic (exact) mass is 421 g/mol. The first kappa shape index (κ1) is 22.6. The zero-order chi connectivity index (χ0) is 18.4. The molecule has 0 bridgehead atoms. The summed E-state index contributed by atoms with van der Waals surface area (Å²) >= 11 is 12.1. The number of carbonyl (C=O) groups is 1. The van der Waals surface area contributed by atoms with Gasteiger partial charge in [-0.15, -0.1) is 12.4 Å². The van der Waals surface area contributed by atoms with Crippen LogP contribution in [0.2, 0.25) is 10.0 Å². The summed E-state index contributed by atoms with van der Waals surface area (Å²) in [5.41, 5.74) is 5.52. The predicted molar refractivity (Wildman–Crippen MR) is 104 cm³/mol. The van der Waals surface area contributed by atoms with E-state index in [9.17, 15) is 4.79 Å². The van der Waals surface area contributed by atoms with Crippen LogP contribution in [0.4, 0.5) is 0 Å². The zero-order valence-corrected chi connectivity index (χ0v) is 16.9. The Balaban J connectivity index is 0.00000338. The SMILES string of the molecule is CCC(CC)(CN)NC(=O)c1cc(COc2c(Cl)cccc2Cl)on1.Cl. The molecule has 0 aliphatic rings. The van der Waals surface area contributed by atoms with E-state index in [0.717, 1.165) is 12.8 Å². The summed E-state index contributed by atoms with van der Waals surface area (Å²) in [5, 5.41) is 7.50. The van der Waals surface area contributed by atoms with Crippen molar-refractivity contribution in [2.75, 3.05) is 6.54 Å². The van der Waals surface area contributed by atoms with Gasteiger partial charge in [0.05, 0.1) is 15.6 Å². The van der Waals surface area contributed by atoms with Crippen LogP contribution in [-0.4, -0.2) is 23.1 Å². The maximum absolute atomic E-state index is 12.4. The number of rotatable bonds is 8. The Morgan fingerprint density at radius 3 is 2.46 bits per heavy atom. The van der Waals surface area contributed by atoms with E-state index in [0.29, 0.717) is 28.1 Å². The van der Waals surface area contributed by atoms with Gasteiger partial charge in [0.15, 0.2) is 17.2 Å². The quantitative estimate of drug-likeness (QED) is 0.664. The number of nitrogens with one attached hydrogen (secondary N) is 1. The van der Waals surface area contributed by atoms with Gasteiger partial charge in [-0.2, -0.15) is 0 Å². The minimum atomic E-state index is -0.447. The molecule has 1 heterocycles. The van der Waals surface area contributed by atoms with Crippen LogP contribution < -0.4 is 15.8 Å². The third-order valence-corrected chi connectivity index (χ3v) is 4.79. The van der Waals surface area contributed by atoms with Crippen molar-refractivity contribution in [3.05, 3.63) is 45.8 Å². The summed E-state index contributed by atoms with van der Waals surface area (Å²) in [6, 6.07) is 6.58. The van der Waals surface area contributed by atoms with Crippen molar-refractivity contribution in [3.63, 3.8) is 0 Å². The van der Waals surface area contributed by atoms with Crippen LogP contribution in [-0.2, 0) is 6.61 Å². The molecule has 0 radical (unpaired) electrons. The lowest BCUT2D eigenvalue weighted by molar-refractivity contribution is 0.0885. The number of ether oxygens (including phenoxy) is 1. The molecule has 6 nitrogen and oxygen atoms in total. The predicted octanol–water partition coefficient (Wildman–Crippen LogP) is 4.23. The van der Waals surface area contributed by atoms with Crippen molar-refractivity contribution in [1.29, 1.82) is 0 Å². The largest absolute Gasteiger partial charge is 0.482 e. The summed E-state index contributed by atoms with van der Waals surface area (Å²) in [5.74, 6) is 0.403. The van der Waals surface area contributed by atoms with Crippen molar-refractivity contribution in [2.24, 2.45) is 5.73 Å². The molecule has 0 aliphatic heterocycles. The van der Waals surface area contributed by atoms with E-state index < -0.39 is 5.54 Å². The van der Waals surface area contributed by atoms with Crippen LogP contribution in [0.15, 0.2) is 28.8 Å². The molecule has 2 aromatic rings. The molecule has 1 aromatic carbocycles. The highest BCUT2D eigenvalue weighted by Gasteiger charge is 2.28. The van der Waals surface area contributed by atoms with Crippen molar-refractivity contribution < 1.29 is 14.1 Å². The highest BCUT2D eigenvalue weighted by molar-refractivity contribution is 6.37. The number of hydrogen-bond donors (Lipinski definition) is 2. The smallest absolute Gasteiger partial charge is 0.273 e. The van der Waals surface area contributed by atoms with Gasteiger partial charge in [0.25, 0.3) is 5.91 Å². The topological polar surface area (TPSA) is 90.4 Å². The van der Waals surface area contributed by atoms with Crippen LogP contribution in [0.3, 0.4) is 0 Å². The van der Waals surface area contributed by atoms with Gasteiger partial charge in [-0.1, -0.05) is 48.3 Å². The standard InChI is InChI=1S/C17H21Cl2N3O3.ClH/c1-3-17(4-2,10-20)21-16(23)14-8-11(25-22-14)9-24-15-12(18)6-5-7-13(15)19;/h5-8H,3-4,9-10,20H2,1-2H3,(H,21,23);1H. The molecule has 26 heavy (non-hydrogen) atoms. The Hall–Kier alpha value is -1.47. The molecule has 0 fully saturated rings. The molecule has 0 aliphatic carbocycles. The third-order valence-electron chi connectivity index (χ3n) is 4.19. The van der Waals surface area contributed by atoms with Gasteiger partial charge in [0.2, 0.25) is 0 Å². The number of hydrogen-bond acceptors (Lipinski definition) is 5. The molecular weight excluding hydrogens is 401 g/mol. The lowest BCUT2D eigenvalue weighted by atomic mass is 9.93. The van der Waals surface area contributed by atoms with E-state index in [1.807, 2.05) is 13.8 Å². The second-order valence-electron chi connectivity index (χ2n) is 5.66. The number of nitrogens with zero attached hydrogens (tertiary/aromatic N) is 1. The van der Waals surface area contributed by atoms with E-state index in [4.69, 9.17) is 38.2 Å². The lowest BCUT2D eigenvalue weighted by Crippen LogP contribution is -2.52. The van der Waals surface area contributed by atoms with Crippen molar-refractivity contribution in [1.82, 2.24) is 10.5 Å². The van der Waals surface area contributed by atoms with Crippen LogP contribution in [0, 0.1) is 0 Å². The van der Waals surface area contributed by atoms with Crippen LogP contribution in [0.1, 0.15) is 42.9 Å². The highest BCUT2D eigenvalue weighted by Crippen LogP contribution is 2.32. The van der Waals surface area contributed by atoms with Gasteiger partial charge in [0.1, 0.15) is 6.61 Å². The Morgan fingerprint density at radius 2 is 1.92 bits per heavy atom. The summed E-state index contributed by atoms with van der Waals surface area (Å²) in [7, 11) is 0. The Morgan fingerprint density at radius 1 is 1.31 bits per heavy atom. The lowest BCUT2D eigenvalue weighted by Gasteiger charge is -2.30. The fourth-order valence-electron chi connectivity index (χ4n) is 2.32. The molecule has 0 unspecified atom stereocenters. The Kier molecular flexibility index (Phi) is 8.70. The fraction of sp³-hybridized carbons (Fsp3) is 0.412. The van der Waals surface area contributed by atoms with E-state index >= 15 is 0 Å². The summed E-state index contributed by atoms with van der Waals surface area (Å²) in [6.45, 7) is 4.36. The zero-order valence-electron chi connectivity index (χ0n) is 14.6. The molecule has 0 spiro atoms. The van der Waals surface area contributed by atoms with Crippen molar-refractivity contribution >= 4 is 41.5 Å².